The van der Waals surface area contributed by atoms with E-state index < -0.39 is 0 Å². The molecular formula is C6H10NO-. The first-order valence-corrected chi connectivity index (χ1v) is 3.16. The minimum absolute atomic E-state index is 0.472. The Morgan fingerprint density at radius 1 is 1.62 bits per heavy atom. The quantitative estimate of drug-likeness (QED) is 0.454. The Labute approximate surface area is 49.2 Å². The number of hydrogen-bond acceptors (Lipinski definition) is 1. The average molecular weight is 112 g/mol. The summed E-state index contributed by atoms with van der Waals surface area (Å²) in [6.07, 6.45) is 0.472. The van der Waals surface area contributed by atoms with Crippen molar-refractivity contribution in [2.45, 2.75) is 19.1 Å². The molecule has 2 saturated heterocycles. The molecule has 46 valence electrons. The van der Waals surface area contributed by atoms with Gasteiger partial charge in [-0.1, -0.05) is 6.92 Å². The fourth-order valence-electron chi connectivity index (χ4n) is 1.45. The lowest BCUT2D eigenvalue weighted by Gasteiger charge is -2.24. The first-order valence-electron chi connectivity index (χ1n) is 3.16. The van der Waals surface area contributed by atoms with Gasteiger partial charge in [-0.05, 0) is 5.92 Å². The summed E-state index contributed by atoms with van der Waals surface area (Å²) in [6, 6.07) is 0.542. The highest BCUT2D eigenvalue weighted by Crippen LogP contribution is 2.34. The van der Waals surface area contributed by atoms with E-state index in [0.717, 1.165) is 13.2 Å². The van der Waals surface area contributed by atoms with Crippen LogP contribution < -0.4 is 0 Å². The van der Waals surface area contributed by atoms with Gasteiger partial charge in [0.2, 0.25) is 0 Å². The molecule has 0 aromatic carbocycles. The van der Waals surface area contributed by atoms with Crippen molar-refractivity contribution in [3.05, 3.63) is 5.32 Å². The highest BCUT2D eigenvalue weighted by molar-refractivity contribution is 5.11. The summed E-state index contributed by atoms with van der Waals surface area (Å²) in [5.74, 6) is 0.704. The summed E-state index contributed by atoms with van der Waals surface area (Å²) in [4.78, 5) is 0. The zero-order valence-corrected chi connectivity index (χ0v) is 5.00. The molecule has 2 heterocycles. The van der Waals surface area contributed by atoms with Gasteiger partial charge in [-0.15, -0.1) is 12.6 Å². The van der Waals surface area contributed by atoms with Gasteiger partial charge in [0.05, 0.1) is 0 Å². The summed E-state index contributed by atoms with van der Waals surface area (Å²) in [5, 5.41) is 4.36. The van der Waals surface area contributed by atoms with E-state index in [0.29, 0.717) is 18.1 Å². The lowest BCUT2D eigenvalue weighted by Crippen LogP contribution is -2.12. The molecule has 0 amide bonds. The van der Waals surface area contributed by atoms with Crippen LogP contribution in [0.25, 0.3) is 5.32 Å². The van der Waals surface area contributed by atoms with Gasteiger partial charge >= 0.3 is 0 Å². The van der Waals surface area contributed by atoms with E-state index in [1.807, 2.05) is 0 Å². The zero-order valence-electron chi connectivity index (χ0n) is 5.00. The second kappa shape index (κ2) is 1.45. The molecule has 2 aliphatic heterocycles. The standard InChI is InChI=1S/C6H10NO/c1-4-5-3-8-6(4)2-7-5/h4-6H,2-3H2,1H3/q-1/t4-,5-,6-/m1/s1. The van der Waals surface area contributed by atoms with Crippen molar-refractivity contribution >= 4 is 0 Å². The van der Waals surface area contributed by atoms with Crippen molar-refractivity contribution in [1.82, 2.24) is 0 Å². The van der Waals surface area contributed by atoms with Gasteiger partial charge in [-0.25, -0.2) is 0 Å². The van der Waals surface area contributed by atoms with Crippen LogP contribution in [-0.2, 0) is 4.74 Å². The Morgan fingerprint density at radius 2 is 2.50 bits per heavy atom. The Morgan fingerprint density at radius 3 is 2.62 bits per heavy atom. The Kier molecular flexibility index (Phi) is 0.866. The Balaban J connectivity index is 2.16. The number of nitrogens with zero attached hydrogens (tertiary/aromatic N) is 1. The topological polar surface area (TPSA) is 23.3 Å². The maximum absolute atomic E-state index is 5.37. The van der Waals surface area contributed by atoms with E-state index in [9.17, 15) is 0 Å². The predicted molar refractivity (Wildman–Crippen MR) is 30.9 cm³/mol. The molecule has 2 heteroatoms. The first-order chi connectivity index (χ1) is 3.88. The lowest BCUT2D eigenvalue weighted by molar-refractivity contribution is 0.0994. The number of hydrogen-bond donors (Lipinski definition) is 0. The van der Waals surface area contributed by atoms with Crippen LogP contribution in [0.15, 0.2) is 0 Å². The number of morpholine rings is 1. The molecule has 0 N–H and O–H groups in total. The van der Waals surface area contributed by atoms with Crippen LogP contribution in [0.4, 0.5) is 0 Å². The van der Waals surface area contributed by atoms with Gasteiger partial charge in [0.25, 0.3) is 0 Å². The van der Waals surface area contributed by atoms with Crippen LogP contribution in [-0.4, -0.2) is 25.3 Å². The number of ether oxygens (including phenoxy) is 1. The van der Waals surface area contributed by atoms with Crippen molar-refractivity contribution in [1.29, 1.82) is 0 Å². The second-order valence-electron chi connectivity index (χ2n) is 2.66. The molecule has 0 aliphatic carbocycles. The van der Waals surface area contributed by atoms with E-state index in [2.05, 4.69) is 12.2 Å². The van der Waals surface area contributed by atoms with Gasteiger partial charge in [-0.2, -0.15) is 0 Å². The van der Waals surface area contributed by atoms with E-state index in [-0.39, 0.29) is 0 Å². The number of rotatable bonds is 0. The molecule has 2 bridgehead atoms. The van der Waals surface area contributed by atoms with E-state index >= 15 is 0 Å². The van der Waals surface area contributed by atoms with Crippen LogP contribution >= 0.6 is 0 Å². The van der Waals surface area contributed by atoms with Crippen LogP contribution in [0.1, 0.15) is 6.92 Å². The van der Waals surface area contributed by atoms with Crippen molar-refractivity contribution < 1.29 is 4.74 Å². The molecule has 2 nitrogen and oxygen atoms in total. The molecular weight excluding hydrogens is 102 g/mol. The molecule has 0 spiro atoms. The highest BCUT2D eigenvalue weighted by Gasteiger charge is 2.30. The summed E-state index contributed by atoms with van der Waals surface area (Å²) in [5.41, 5.74) is 0. The minimum Gasteiger partial charge on any atom is -0.655 e. The monoisotopic (exact) mass is 112 g/mol. The van der Waals surface area contributed by atoms with Gasteiger partial charge in [0.1, 0.15) is 0 Å². The molecule has 0 aromatic rings. The molecule has 0 saturated carbocycles. The highest BCUT2D eigenvalue weighted by atomic mass is 16.5. The summed E-state index contributed by atoms with van der Waals surface area (Å²) >= 11 is 0. The van der Waals surface area contributed by atoms with Crippen molar-refractivity contribution in [3.63, 3.8) is 0 Å². The second-order valence-corrected chi connectivity index (χ2v) is 2.66. The van der Waals surface area contributed by atoms with Crippen LogP contribution in [0.5, 0.6) is 0 Å². The van der Waals surface area contributed by atoms with Crippen LogP contribution in [0.3, 0.4) is 0 Å². The average Bonchev–Trinajstić information content (AvgIpc) is 2.29. The van der Waals surface area contributed by atoms with E-state index in [1.54, 1.807) is 0 Å². The molecule has 0 unspecified atom stereocenters. The molecule has 2 aliphatic rings. The zero-order chi connectivity index (χ0) is 5.56. The SMILES string of the molecule is C[C@@H]1[C@H]2CO[C@@H]1C[N-]2. The van der Waals surface area contributed by atoms with Gasteiger partial charge in [0.15, 0.2) is 0 Å². The summed E-state index contributed by atoms with van der Waals surface area (Å²) < 4.78 is 5.37. The molecule has 2 rings (SSSR count). The molecule has 0 radical (unpaired) electrons. The maximum atomic E-state index is 5.37. The molecule has 0 aromatic heterocycles. The Bertz CT molecular complexity index is 84.7. The summed E-state index contributed by atoms with van der Waals surface area (Å²) in [7, 11) is 0. The van der Waals surface area contributed by atoms with Gasteiger partial charge in [-0.3, -0.25) is 0 Å². The normalized spacial score (nSPS) is 52.9. The smallest absolute Gasteiger partial charge is 0.0399 e. The lowest BCUT2D eigenvalue weighted by atomic mass is 10.1. The van der Waals surface area contributed by atoms with Crippen molar-refractivity contribution in [2.75, 3.05) is 13.2 Å². The molecule has 8 heavy (non-hydrogen) atoms. The third-order valence-corrected chi connectivity index (χ3v) is 2.19. The molecule has 2 fully saturated rings. The van der Waals surface area contributed by atoms with Crippen LogP contribution in [0.2, 0.25) is 0 Å². The largest absolute Gasteiger partial charge is 0.655 e. The van der Waals surface area contributed by atoms with Crippen molar-refractivity contribution in [3.8, 4) is 0 Å². The fraction of sp³-hybridized carbons (Fsp3) is 1.00. The number of fused-ring (bicyclic) bond motifs is 2. The predicted octanol–water partition coefficient (Wildman–Crippen LogP) is 0.777. The third-order valence-electron chi connectivity index (χ3n) is 2.19. The summed E-state index contributed by atoms with van der Waals surface area (Å²) in [6.45, 7) is 4.05. The first kappa shape index (κ1) is 4.77. The van der Waals surface area contributed by atoms with Gasteiger partial charge in [0, 0.05) is 12.7 Å². The maximum Gasteiger partial charge on any atom is 0.0399 e. The third kappa shape index (κ3) is 0.446. The fourth-order valence-corrected chi connectivity index (χ4v) is 1.45. The van der Waals surface area contributed by atoms with Crippen molar-refractivity contribution in [2.24, 2.45) is 5.92 Å². The minimum atomic E-state index is 0.472. The van der Waals surface area contributed by atoms with E-state index in [1.165, 1.54) is 0 Å². The van der Waals surface area contributed by atoms with Gasteiger partial charge < -0.3 is 10.1 Å². The Hall–Kier alpha value is -0.0800. The molecule has 3 atom stereocenters. The van der Waals surface area contributed by atoms with Crippen LogP contribution in [0, 0.1) is 5.92 Å². The van der Waals surface area contributed by atoms with E-state index in [4.69, 9.17) is 4.74 Å².